The Bertz CT molecular complexity index is 803. The number of piperidine rings is 1. The maximum absolute atomic E-state index is 12.6. The van der Waals surface area contributed by atoms with Crippen LogP contribution in [0.1, 0.15) is 35.7 Å². The van der Waals surface area contributed by atoms with Gasteiger partial charge in [0.05, 0.1) is 25.2 Å². The van der Waals surface area contributed by atoms with Crippen molar-refractivity contribution in [1.29, 1.82) is 5.26 Å². The molecule has 154 valence electrons. The van der Waals surface area contributed by atoms with Crippen LogP contribution < -0.4 is 5.32 Å². The molecule has 0 spiro atoms. The molecule has 1 heterocycles. The van der Waals surface area contributed by atoms with E-state index < -0.39 is 5.97 Å². The Morgan fingerprint density at radius 3 is 2.45 bits per heavy atom. The summed E-state index contributed by atoms with van der Waals surface area (Å²) >= 11 is 0. The number of methoxy groups -OCH3 is 1. The smallest absolute Gasteiger partial charge is 0.337 e. The summed E-state index contributed by atoms with van der Waals surface area (Å²) in [4.78, 5) is 37.4. The van der Waals surface area contributed by atoms with E-state index in [0.717, 1.165) is 5.56 Å². The van der Waals surface area contributed by atoms with Crippen LogP contribution in [0.2, 0.25) is 0 Å². The molecular weight excluding hydrogens is 374 g/mol. The van der Waals surface area contributed by atoms with E-state index in [1.54, 1.807) is 36.1 Å². The van der Waals surface area contributed by atoms with E-state index >= 15 is 0 Å². The van der Waals surface area contributed by atoms with Crippen LogP contribution in [0.25, 0.3) is 0 Å². The second-order valence-corrected chi connectivity index (χ2v) is 6.56. The molecule has 8 nitrogen and oxygen atoms in total. The van der Waals surface area contributed by atoms with Gasteiger partial charge >= 0.3 is 11.9 Å². The lowest BCUT2D eigenvalue weighted by molar-refractivity contribution is -0.150. The predicted molar refractivity (Wildman–Crippen MR) is 104 cm³/mol. The van der Waals surface area contributed by atoms with Crippen LogP contribution >= 0.6 is 0 Å². The zero-order chi connectivity index (χ0) is 21.2. The highest BCUT2D eigenvalue weighted by Gasteiger charge is 2.29. The third-order valence-electron chi connectivity index (χ3n) is 4.68. The fourth-order valence-electron chi connectivity index (χ4n) is 3.04. The summed E-state index contributed by atoms with van der Waals surface area (Å²) in [5.74, 6) is -1.19. The molecule has 0 saturated carbocycles. The maximum Gasteiger partial charge on any atom is 0.337 e. The van der Waals surface area contributed by atoms with Crippen LogP contribution in [-0.4, -0.2) is 49.6 Å². The van der Waals surface area contributed by atoms with E-state index in [4.69, 9.17) is 4.74 Å². The second kappa shape index (κ2) is 10.9. The number of nitrogens with zero attached hydrogens (tertiary/aromatic N) is 2. The molecule has 0 atom stereocenters. The highest BCUT2D eigenvalue weighted by Crippen LogP contribution is 2.20. The van der Waals surface area contributed by atoms with Crippen molar-refractivity contribution in [3.8, 4) is 6.07 Å². The maximum atomic E-state index is 12.6. The van der Waals surface area contributed by atoms with Gasteiger partial charge < -0.3 is 19.7 Å². The molecule has 0 unspecified atom stereocenters. The summed E-state index contributed by atoms with van der Waals surface area (Å²) in [5, 5.41) is 12.3. The van der Waals surface area contributed by atoms with E-state index in [2.05, 4.69) is 10.1 Å². The largest absolute Gasteiger partial charge is 0.466 e. The standard InChI is InChI=1S/C21H25N3O5/c1-3-29-21(27)17-8-10-24(11-9-17)19(25)18(12-22)14-23-13-15-4-6-16(7-5-15)20(26)28-2/h4-7,14,17,23H,3,8-11,13H2,1-2H3/b18-14-. The Morgan fingerprint density at radius 1 is 1.24 bits per heavy atom. The summed E-state index contributed by atoms with van der Waals surface area (Å²) in [6, 6.07) is 8.75. The Balaban J connectivity index is 1.88. The fraction of sp³-hybridized carbons (Fsp3) is 0.429. The SMILES string of the molecule is CCOC(=O)C1CCN(C(=O)/C(C#N)=C\NCc2ccc(C(=O)OC)cc2)CC1. The molecule has 1 aliphatic heterocycles. The topological polar surface area (TPSA) is 109 Å². The van der Waals surface area contributed by atoms with Crippen molar-refractivity contribution in [3.63, 3.8) is 0 Å². The lowest BCUT2D eigenvalue weighted by Crippen LogP contribution is -2.41. The molecule has 2 rings (SSSR count). The van der Waals surface area contributed by atoms with Gasteiger partial charge in [0, 0.05) is 25.8 Å². The van der Waals surface area contributed by atoms with Crippen LogP contribution in [0.4, 0.5) is 0 Å². The number of hydrogen-bond acceptors (Lipinski definition) is 7. The fourth-order valence-corrected chi connectivity index (χ4v) is 3.04. The number of rotatable bonds is 7. The molecule has 1 aliphatic rings. The lowest BCUT2D eigenvalue weighted by atomic mass is 9.96. The summed E-state index contributed by atoms with van der Waals surface area (Å²) < 4.78 is 9.68. The Hall–Kier alpha value is -3.34. The van der Waals surface area contributed by atoms with Gasteiger partial charge in [0.1, 0.15) is 11.6 Å². The summed E-state index contributed by atoms with van der Waals surface area (Å²) in [7, 11) is 1.32. The second-order valence-electron chi connectivity index (χ2n) is 6.56. The average molecular weight is 399 g/mol. The monoisotopic (exact) mass is 399 g/mol. The minimum absolute atomic E-state index is 0.00534. The van der Waals surface area contributed by atoms with Crippen molar-refractivity contribution in [1.82, 2.24) is 10.2 Å². The van der Waals surface area contributed by atoms with Crippen molar-refractivity contribution in [3.05, 3.63) is 47.2 Å². The zero-order valence-electron chi connectivity index (χ0n) is 16.6. The quantitative estimate of drug-likeness (QED) is 0.423. The van der Waals surface area contributed by atoms with Crippen molar-refractivity contribution in [2.45, 2.75) is 26.3 Å². The van der Waals surface area contributed by atoms with Gasteiger partial charge in [0.25, 0.3) is 5.91 Å². The molecule has 0 aromatic heterocycles. The Morgan fingerprint density at radius 2 is 1.90 bits per heavy atom. The van der Waals surface area contributed by atoms with E-state index in [-0.39, 0.29) is 23.4 Å². The number of hydrogen-bond donors (Lipinski definition) is 1. The van der Waals surface area contributed by atoms with Gasteiger partial charge in [-0.05, 0) is 37.5 Å². The first-order valence-electron chi connectivity index (χ1n) is 9.47. The van der Waals surface area contributed by atoms with Gasteiger partial charge in [-0.3, -0.25) is 9.59 Å². The number of carbonyl (C=O) groups excluding carboxylic acids is 3. The normalized spacial score (nSPS) is 14.7. The van der Waals surface area contributed by atoms with Crippen molar-refractivity contribution < 1.29 is 23.9 Å². The molecule has 1 fully saturated rings. The van der Waals surface area contributed by atoms with Crippen molar-refractivity contribution >= 4 is 17.8 Å². The minimum atomic E-state index is -0.409. The third kappa shape index (κ3) is 6.07. The lowest BCUT2D eigenvalue weighted by Gasteiger charge is -2.30. The minimum Gasteiger partial charge on any atom is -0.466 e. The molecule has 0 bridgehead atoms. The van der Waals surface area contributed by atoms with E-state index in [1.807, 2.05) is 6.07 Å². The first-order valence-corrected chi connectivity index (χ1v) is 9.47. The van der Waals surface area contributed by atoms with Gasteiger partial charge in [-0.2, -0.15) is 5.26 Å². The van der Waals surface area contributed by atoms with Crippen molar-refractivity contribution in [2.75, 3.05) is 26.8 Å². The van der Waals surface area contributed by atoms with E-state index in [0.29, 0.717) is 44.6 Å². The van der Waals surface area contributed by atoms with Crippen molar-refractivity contribution in [2.24, 2.45) is 5.92 Å². The molecule has 1 amide bonds. The van der Waals surface area contributed by atoms with Crippen LogP contribution in [0.5, 0.6) is 0 Å². The molecule has 1 aromatic rings. The first-order chi connectivity index (χ1) is 14.0. The number of likely N-dealkylation sites (tertiary alicyclic amines) is 1. The average Bonchev–Trinajstić information content (AvgIpc) is 2.76. The number of ether oxygens (including phenoxy) is 2. The molecule has 1 saturated heterocycles. The van der Waals surface area contributed by atoms with E-state index in [9.17, 15) is 19.6 Å². The zero-order valence-corrected chi connectivity index (χ0v) is 16.6. The Kier molecular flexibility index (Phi) is 8.22. The van der Waals surface area contributed by atoms with Crippen LogP contribution in [-0.2, 0) is 25.6 Å². The third-order valence-corrected chi connectivity index (χ3v) is 4.68. The molecular formula is C21H25N3O5. The molecule has 1 aromatic carbocycles. The van der Waals surface area contributed by atoms with Crippen LogP contribution in [0.15, 0.2) is 36.0 Å². The molecule has 1 N–H and O–H groups in total. The van der Waals surface area contributed by atoms with Gasteiger partial charge in [0.15, 0.2) is 0 Å². The summed E-state index contributed by atoms with van der Waals surface area (Å²) in [5.41, 5.74) is 1.34. The van der Waals surface area contributed by atoms with Gasteiger partial charge in [-0.15, -0.1) is 0 Å². The molecule has 8 heteroatoms. The number of amides is 1. The van der Waals surface area contributed by atoms with Gasteiger partial charge in [-0.25, -0.2) is 4.79 Å². The number of esters is 2. The molecule has 0 radical (unpaired) electrons. The van der Waals surface area contributed by atoms with Crippen LogP contribution in [0.3, 0.4) is 0 Å². The van der Waals surface area contributed by atoms with E-state index in [1.165, 1.54) is 13.3 Å². The Labute approximate surface area is 170 Å². The number of nitriles is 1. The van der Waals surface area contributed by atoms with Gasteiger partial charge in [-0.1, -0.05) is 12.1 Å². The number of carbonyl (C=O) groups is 3. The highest BCUT2D eigenvalue weighted by atomic mass is 16.5. The van der Waals surface area contributed by atoms with Crippen LogP contribution in [0, 0.1) is 17.2 Å². The number of nitrogens with one attached hydrogen (secondary N) is 1. The predicted octanol–water partition coefficient (Wildman–Crippen LogP) is 1.77. The van der Waals surface area contributed by atoms with Gasteiger partial charge in [0.2, 0.25) is 0 Å². The summed E-state index contributed by atoms with van der Waals surface area (Å²) in [6.45, 7) is 3.33. The number of benzene rings is 1. The highest BCUT2D eigenvalue weighted by molar-refractivity contribution is 5.97. The molecule has 29 heavy (non-hydrogen) atoms. The first kappa shape index (κ1) is 22.0. The summed E-state index contributed by atoms with van der Waals surface area (Å²) in [6.07, 6.45) is 2.46. The molecule has 0 aliphatic carbocycles.